The molecule has 2 rings (SSSR count). The van der Waals surface area contributed by atoms with Crippen molar-refractivity contribution in [2.75, 3.05) is 12.4 Å². The fourth-order valence-electron chi connectivity index (χ4n) is 2.11. The van der Waals surface area contributed by atoms with Gasteiger partial charge in [0.1, 0.15) is 12.1 Å². The standard InChI is InChI=1S/C11H17N3O/c1-11(5-3-4-6-11)14-9-7-10(15-2)13-8-12-9/h7-8H,3-6H2,1-2H3,(H,12,13,14). The smallest absolute Gasteiger partial charge is 0.218 e. The highest BCUT2D eigenvalue weighted by Crippen LogP contribution is 2.32. The van der Waals surface area contributed by atoms with Crippen LogP contribution in [-0.2, 0) is 0 Å². The fraction of sp³-hybridized carbons (Fsp3) is 0.636. The Balaban J connectivity index is 2.09. The van der Waals surface area contributed by atoms with E-state index >= 15 is 0 Å². The zero-order valence-corrected chi connectivity index (χ0v) is 9.29. The molecule has 4 heteroatoms. The molecule has 1 fully saturated rings. The lowest BCUT2D eigenvalue weighted by Gasteiger charge is -2.25. The van der Waals surface area contributed by atoms with Crippen LogP contribution in [0.4, 0.5) is 5.82 Å². The lowest BCUT2D eigenvalue weighted by molar-refractivity contribution is 0.396. The van der Waals surface area contributed by atoms with Gasteiger partial charge in [-0.05, 0) is 19.8 Å². The monoisotopic (exact) mass is 207 g/mol. The molecule has 0 aliphatic heterocycles. The zero-order chi connectivity index (χ0) is 10.7. The number of nitrogens with zero attached hydrogens (tertiary/aromatic N) is 2. The third-order valence-electron chi connectivity index (χ3n) is 2.99. The second kappa shape index (κ2) is 4.04. The fourth-order valence-corrected chi connectivity index (χ4v) is 2.11. The molecular formula is C11H17N3O. The Kier molecular flexibility index (Phi) is 2.75. The summed E-state index contributed by atoms with van der Waals surface area (Å²) >= 11 is 0. The van der Waals surface area contributed by atoms with Crippen molar-refractivity contribution >= 4 is 5.82 Å². The van der Waals surface area contributed by atoms with Gasteiger partial charge in [-0.15, -0.1) is 0 Å². The van der Waals surface area contributed by atoms with E-state index in [2.05, 4.69) is 22.2 Å². The topological polar surface area (TPSA) is 47.0 Å². The summed E-state index contributed by atoms with van der Waals surface area (Å²) in [6.45, 7) is 2.24. The van der Waals surface area contributed by atoms with Crippen LogP contribution in [0.25, 0.3) is 0 Å². The molecule has 0 aromatic carbocycles. The summed E-state index contributed by atoms with van der Waals surface area (Å²) in [4.78, 5) is 8.18. The van der Waals surface area contributed by atoms with Crippen molar-refractivity contribution < 1.29 is 4.74 Å². The van der Waals surface area contributed by atoms with Crippen LogP contribution in [-0.4, -0.2) is 22.6 Å². The Morgan fingerprint density at radius 3 is 2.73 bits per heavy atom. The third kappa shape index (κ3) is 2.37. The lowest BCUT2D eigenvalue weighted by atomic mass is 10.0. The predicted molar refractivity (Wildman–Crippen MR) is 59.1 cm³/mol. The SMILES string of the molecule is COc1cc(NC2(C)CCCC2)ncn1. The Bertz CT molecular complexity index is 334. The van der Waals surface area contributed by atoms with E-state index in [1.165, 1.54) is 32.0 Å². The molecule has 0 amide bonds. The summed E-state index contributed by atoms with van der Waals surface area (Å²) in [5.74, 6) is 1.46. The van der Waals surface area contributed by atoms with Gasteiger partial charge in [0, 0.05) is 11.6 Å². The van der Waals surface area contributed by atoms with Gasteiger partial charge in [0.25, 0.3) is 0 Å². The van der Waals surface area contributed by atoms with Crippen molar-refractivity contribution in [3.8, 4) is 5.88 Å². The molecule has 0 unspecified atom stereocenters. The largest absolute Gasteiger partial charge is 0.481 e. The van der Waals surface area contributed by atoms with Gasteiger partial charge in [-0.25, -0.2) is 9.97 Å². The predicted octanol–water partition coefficient (Wildman–Crippen LogP) is 2.23. The molecule has 1 saturated carbocycles. The average molecular weight is 207 g/mol. The number of rotatable bonds is 3. The first-order valence-corrected chi connectivity index (χ1v) is 5.36. The maximum atomic E-state index is 5.06. The van der Waals surface area contributed by atoms with Crippen LogP contribution < -0.4 is 10.1 Å². The van der Waals surface area contributed by atoms with Crippen LogP contribution in [0.1, 0.15) is 32.6 Å². The van der Waals surface area contributed by atoms with Gasteiger partial charge in [0.05, 0.1) is 7.11 Å². The van der Waals surface area contributed by atoms with Crippen LogP contribution >= 0.6 is 0 Å². The number of ether oxygens (including phenoxy) is 1. The van der Waals surface area contributed by atoms with E-state index in [1.807, 2.05) is 6.07 Å². The molecule has 15 heavy (non-hydrogen) atoms. The summed E-state index contributed by atoms with van der Waals surface area (Å²) in [6.07, 6.45) is 6.54. The van der Waals surface area contributed by atoms with Crippen molar-refractivity contribution in [1.82, 2.24) is 9.97 Å². The summed E-state index contributed by atoms with van der Waals surface area (Å²) in [5, 5.41) is 3.46. The molecule has 0 saturated heterocycles. The molecule has 0 atom stereocenters. The molecule has 82 valence electrons. The van der Waals surface area contributed by atoms with Crippen LogP contribution in [0.3, 0.4) is 0 Å². The van der Waals surface area contributed by atoms with Gasteiger partial charge in [0.15, 0.2) is 0 Å². The summed E-state index contributed by atoms with van der Waals surface area (Å²) in [6, 6.07) is 1.84. The Morgan fingerprint density at radius 1 is 1.33 bits per heavy atom. The molecule has 1 N–H and O–H groups in total. The first kappa shape index (κ1) is 10.2. The van der Waals surface area contributed by atoms with E-state index in [-0.39, 0.29) is 5.54 Å². The molecule has 0 bridgehead atoms. The highest BCUT2D eigenvalue weighted by atomic mass is 16.5. The van der Waals surface area contributed by atoms with Crippen LogP contribution in [0.2, 0.25) is 0 Å². The van der Waals surface area contributed by atoms with Crippen molar-refractivity contribution in [3.05, 3.63) is 12.4 Å². The summed E-state index contributed by atoms with van der Waals surface area (Å²) < 4.78 is 5.06. The first-order valence-electron chi connectivity index (χ1n) is 5.36. The van der Waals surface area contributed by atoms with E-state index in [4.69, 9.17) is 4.74 Å². The number of aromatic nitrogens is 2. The Hall–Kier alpha value is -1.32. The maximum absolute atomic E-state index is 5.06. The highest BCUT2D eigenvalue weighted by Gasteiger charge is 2.28. The lowest BCUT2D eigenvalue weighted by Crippen LogP contribution is -2.31. The number of nitrogens with one attached hydrogen (secondary N) is 1. The zero-order valence-electron chi connectivity index (χ0n) is 9.29. The average Bonchev–Trinajstić information content (AvgIpc) is 2.65. The van der Waals surface area contributed by atoms with E-state index in [9.17, 15) is 0 Å². The number of hydrogen-bond acceptors (Lipinski definition) is 4. The van der Waals surface area contributed by atoms with Crippen LogP contribution in [0, 0.1) is 0 Å². The summed E-state index contributed by atoms with van der Waals surface area (Å²) in [5.41, 5.74) is 0.194. The molecular weight excluding hydrogens is 190 g/mol. The number of hydrogen-bond donors (Lipinski definition) is 1. The highest BCUT2D eigenvalue weighted by molar-refractivity contribution is 5.40. The first-order chi connectivity index (χ1) is 7.22. The van der Waals surface area contributed by atoms with Gasteiger partial charge in [-0.1, -0.05) is 12.8 Å². The van der Waals surface area contributed by atoms with Crippen LogP contribution in [0.5, 0.6) is 5.88 Å². The minimum atomic E-state index is 0.194. The van der Waals surface area contributed by atoms with Gasteiger partial charge in [-0.3, -0.25) is 0 Å². The van der Waals surface area contributed by atoms with Gasteiger partial charge >= 0.3 is 0 Å². The number of anilines is 1. The molecule has 0 radical (unpaired) electrons. The molecule has 1 aromatic heterocycles. The molecule has 1 aliphatic rings. The second-order valence-electron chi connectivity index (χ2n) is 4.34. The van der Waals surface area contributed by atoms with E-state index < -0.39 is 0 Å². The minimum Gasteiger partial charge on any atom is -0.481 e. The van der Waals surface area contributed by atoms with Gasteiger partial charge in [0.2, 0.25) is 5.88 Å². The third-order valence-corrected chi connectivity index (χ3v) is 2.99. The minimum absolute atomic E-state index is 0.194. The van der Waals surface area contributed by atoms with Crippen molar-refractivity contribution in [2.45, 2.75) is 38.1 Å². The quantitative estimate of drug-likeness (QED) is 0.825. The Labute approximate surface area is 90.1 Å². The van der Waals surface area contributed by atoms with Crippen molar-refractivity contribution in [2.24, 2.45) is 0 Å². The summed E-state index contributed by atoms with van der Waals surface area (Å²) in [7, 11) is 1.61. The molecule has 1 heterocycles. The van der Waals surface area contributed by atoms with E-state index in [0.29, 0.717) is 5.88 Å². The molecule has 1 aromatic rings. The van der Waals surface area contributed by atoms with Crippen molar-refractivity contribution in [1.29, 1.82) is 0 Å². The molecule has 1 aliphatic carbocycles. The van der Waals surface area contributed by atoms with Gasteiger partial charge < -0.3 is 10.1 Å². The normalized spacial score (nSPS) is 18.8. The second-order valence-corrected chi connectivity index (χ2v) is 4.34. The van der Waals surface area contributed by atoms with E-state index in [1.54, 1.807) is 7.11 Å². The molecule has 0 spiro atoms. The maximum Gasteiger partial charge on any atom is 0.218 e. The Morgan fingerprint density at radius 2 is 2.07 bits per heavy atom. The van der Waals surface area contributed by atoms with Crippen LogP contribution in [0.15, 0.2) is 12.4 Å². The van der Waals surface area contributed by atoms with Crippen molar-refractivity contribution in [3.63, 3.8) is 0 Å². The number of methoxy groups -OCH3 is 1. The molecule has 4 nitrogen and oxygen atoms in total. The van der Waals surface area contributed by atoms with E-state index in [0.717, 1.165) is 5.82 Å². The van der Waals surface area contributed by atoms with Gasteiger partial charge in [-0.2, -0.15) is 0 Å².